The van der Waals surface area contributed by atoms with Crippen LogP contribution in [0.5, 0.6) is 0 Å². The van der Waals surface area contributed by atoms with E-state index >= 15 is 0 Å². The molecule has 1 N–H and O–H groups in total. The molecule has 1 aliphatic rings. The average Bonchev–Trinajstić information content (AvgIpc) is 2.54. The molecule has 0 aliphatic carbocycles. The Morgan fingerprint density at radius 1 is 1.23 bits per heavy atom. The number of hydrogen-bond acceptors (Lipinski definition) is 5. The summed E-state index contributed by atoms with van der Waals surface area (Å²) in [5.74, 6) is 2.52. The van der Waals surface area contributed by atoms with Crippen LogP contribution in [0, 0.1) is 12.8 Å². The summed E-state index contributed by atoms with van der Waals surface area (Å²) in [6, 6.07) is 7.91. The maximum atomic E-state index is 4.67. The second-order valence-electron chi connectivity index (χ2n) is 6.04. The van der Waals surface area contributed by atoms with Gasteiger partial charge in [-0.05, 0) is 37.8 Å². The molecule has 0 unspecified atom stereocenters. The third-order valence-electron chi connectivity index (χ3n) is 4.09. The Kier molecular flexibility index (Phi) is 4.51. The van der Waals surface area contributed by atoms with Crippen LogP contribution in [0.4, 0.5) is 11.8 Å². The number of piperidine rings is 1. The second kappa shape index (κ2) is 6.73. The zero-order valence-corrected chi connectivity index (χ0v) is 13.3. The van der Waals surface area contributed by atoms with Gasteiger partial charge in [0.05, 0.1) is 12.2 Å². The van der Waals surface area contributed by atoms with Crippen LogP contribution in [0.15, 0.2) is 30.5 Å². The zero-order valence-electron chi connectivity index (χ0n) is 13.3. The Hall–Kier alpha value is -2.17. The number of anilines is 2. The summed E-state index contributed by atoms with van der Waals surface area (Å²) in [5, 5.41) is 3.35. The molecule has 1 aliphatic heterocycles. The SMILES string of the molecule is Cc1cc(NCc2ccccn2)nc(N2CCC(C)CC2)n1. The summed E-state index contributed by atoms with van der Waals surface area (Å²) in [5.41, 5.74) is 2.00. The highest BCUT2D eigenvalue weighted by molar-refractivity contribution is 5.44. The fourth-order valence-electron chi connectivity index (χ4n) is 2.68. The van der Waals surface area contributed by atoms with Gasteiger partial charge in [-0.25, -0.2) is 4.98 Å². The molecule has 0 amide bonds. The van der Waals surface area contributed by atoms with E-state index in [0.717, 1.165) is 42.2 Å². The average molecular weight is 297 g/mol. The van der Waals surface area contributed by atoms with Crippen LogP contribution in [0.1, 0.15) is 31.2 Å². The van der Waals surface area contributed by atoms with Gasteiger partial charge < -0.3 is 10.2 Å². The van der Waals surface area contributed by atoms with Crippen molar-refractivity contribution in [2.24, 2.45) is 5.92 Å². The minimum atomic E-state index is 0.674. The molecule has 22 heavy (non-hydrogen) atoms. The topological polar surface area (TPSA) is 53.9 Å². The largest absolute Gasteiger partial charge is 0.364 e. The third kappa shape index (κ3) is 3.72. The van der Waals surface area contributed by atoms with Gasteiger partial charge in [-0.3, -0.25) is 4.98 Å². The first kappa shape index (κ1) is 14.8. The van der Waals surface area contributed by atoms with Crippen molar-refractivity contribution in [3.63, 3.8) is 0 Å². The van der Waals surface area contributed by atoms with Gasteiger partial charge in [0.15, 0.2) is 0 Å². The first-order chi connectivity index (χ1) is 10.7. The second-order valence-corrected chi connectivity index (χ2v) is 6.04. The van der Waals surface area contributed by atoms with E-state index < -0.39 is 0 Å². The normalized spacial score (nSPS) is 15.8. The van der Waals surface area contributed by atoms with Crippen molar-refractivity contribution in [1.82, 2.24) is 15.0 Å². The van der Waals surface area contributed by atoms with Crippen LogP contribution < -0.4 is 10.2 Å². The van der Waals surface area contributed by atoms with E-state index in [9.17, 15) is 0 Å². The molecule has 1 saturated heterocycles. The van der Waals surface area contributed by atoms with Gasteiger partial charge in [0.1, 0.15) is 5.82 Å². The van der Waals surface area contributed by atoms with E-state index in [4.69, 9.17) is 0 Å². The lowest BCUT2D eigenvalue weighted by molar-refractivity contribution is 0.434. The Balaban J connectivity index is 1.70. The van der Waals surface area contributed by atoms with Crippen molar-refractivity contribution >= 4 is 11.8 Å². The number of pyridine rings is 1. The fourth-order valence-corrected chi connectivity index (χ4v) is 2.68. The predicted molar refractivity (Wildman–Crippen MR) is 88.9 cm³/mol. The van der Waals surface area contributed by atoms with E-state index in [1.807, 2.05) is 37.4 Å². The highest BCUT2D eigenvalue weighted by Crippen LogP contribution is 2.21. The molecule has 1 fully saturated rings. The number of aromatic nitrogens is 3. The van der Waals surface area contributed by atoms with Crippen molar-refractivity contribution in [2.45, 2.75) is 33.2 Å². The molecule has 3 heterocycles. The van der Waals surface area contributed by atoms with Crippen molar-refractivity contribution in [3.8, 4) is 0 Å². The lowest BCUT2D eigenvalue weighted by Gasteiger charge is -2.30. The summed E-state index contributed by atoms with van der Waals surface area (Å²) in [6.45, 7) is 7.10. The summed E-state index contributed by atoms with van der Waals surface area (Å²) in [6.07, 6.45) is 4.24. The third-order valence-corrected chi connectivity index (χ3v) is 4.09. The Morgan fingerprint density at radius 2 is 2.05 bits per heavy atom. The van der Waals surface area contributed by atoms with Gasteiger partial charge in [0.25, 0.3) is 0 Å². The Labute approximate surface area is 131 Å². The van der Waals surface area contributed by atoms with Crippen LogP contribution in [-0.2, 0) is 6.54 Å². The highest BCUT2D eigenvalue weighted by atomic mass is 15.3. The molecule has 5 heteroatoms. The van der Waals surface area contributed by atoms with Crippen LogP contribution in [-0.4, -0.2) is 28.0 Å². The molecule has 116 valence electrons. The Bertz CT molecular complexity index is 606. The van der Waals surface area contributed by atoms with Crippen LogP contribution in [0.2, 0.25) is 0 Å². The van der Waals surface area contributed by atoms with Crippen molar-refractivity contribution in [1.29, 1.82) is 0 Å². The first-order valence-corrected chi connectivity index (χ1v) is 7.95. The monoisotopic (exact) mass is 297 g/mol. The van der Waals surface area contributed by atoms with Crippen LogP contribution >= 0.6 is 0 Å². The van der Waals surface area contributed by atoms with Crippen LogP contribution in [0.3, 0.4) is 0 Å². The molecule has 2 aromatic rings. The standard InChI is InChI=1S/C17H23N5/c1-13-6-9-22(10-7-13)17-20-14(2)11-16(21-17)19-12-15-5-3-4-8-18-15/h3-5,8,11,13H,6-7,9-10,12H2,1-2H3,(H,19,20,21). The Morgan fingerprint density at radius 3 is 2.77 bits per heavy atom. The van der Waals surface area contributed by atoms with E-state index in [1.165, 1.54) is 12.8 Å². The molecule has 0 atom stereocenters. The van der Waals surface area contributed by atoms with Crippen LogP contribution in [0.25, 0.3) is 0 Å². The molecular weight excluding hydrogens is 274 g/mol. The van der Waals surface area contributed by atoms with Crippen molar-refractivity contribution in [3.05, 3.63) is 41.9 Å². The zero-order chi connectivity index (χ0) is 15.4. The summed E-state index contributed by atoms with van der Waals surface area (Å²) < 4.78 is 0. The molecule has 0 aromatic carbocycles. The minimum absolute atomic E-state index is 0.674. The molecule has 5 nitrogen and oxygen atoms in total. The lowest BCUT2D eigenvalue weighted by Crippen LogP contribution is -2.34. The molecule has 0 saturated carbocycles. The van der Waals surface area contributed by atoms with Gasteiger partial charge >= 0.3 is 0 Å². The van der Waals surface area contributed by atoms with E-state index in [-0.39, 0.29) is 0 Å². The maximum Gasteiger partial charge on any atom is 0.227 e. The molecule has 0 radical (unpaired) electrons. The van der Waals surface area contributed by atoms with Gasteiger partial charge in [0, 0.05) is 31.0 Å². The number of nitrogens with zero attached hydrogens (tertiary/aromatic N) is 4. The fraction of sp³-hybridized carbons (Fsp3) is 0.471. The highest BCUT2D eigenvalue weighted by Gasteiger charge is 2.18. The van der Waals surface area contributed by atoms with Gasteiger partial charge in [-0.1, -0.05) is 13.0 Å². The van der Waals surface area contributed by atoms with Crippen molar-refractivity contribution in [2.75, 3.05) is 23.3 Å². The molecule has 2 aromatic heterocycles. The quantitative estimate of drug-likeness (QED) is 0.940. The van der Waals surface area contributed by atoms with Gasteiger partial charge in [0.2, 0.25) is 5.95 Å². The van der Waals surface area contributed by atoms with E-state index in [0.29, 0.717) is 6.54 Å². The number of hydrogen-bond donors (Lipinski definition) is 1. The summed E-state index contributed by atoms with van der Waals surface area (Å²) in [7, 11) is 0. The number of nitrogens with one attached hydrogen (secondary N) is 1. The molecular formula is C17H23N5. The van der Waals surface area contributed by atoms with Gasteiger partial charge in [-0.2, -0.15) is 4.98 Å². The molecule has 0 spiro atoms. The van der Waals surface area contributed by atoms with E-state index in [1.54, 1.807) is 0 Å². The lowest BCUT2D eigenvalue weighted by atomic mass is 10.00. The number of rotatable bonds is 4. The van der Waals surface area contributed by atoms with Gasteiger partial charge in [-0.15, -0.1) is 0 Å². The summed E-state index contributed by atoms with van der Waals surface area (Å²) >= 11 is 0. The van der Waals surface area contributed by atoms with Crippen molar-refractivity contribution < 1.29 is 0 Å². The first-order valence-electron chi connectivity index (χ1n) is 7.95. The van der Waals surface area contributed by atoms with E-state index in [2.05, 4.69) is 32.1 Å². The smallest absolute Gasteiger partial charge is 0.227 e. The molecule has 3 rings (SSSR count). The minimum Gasteiger partial charge on any atom is -0.364 e. The maximum absolute atomic E-state index is 4.67. The summed E-state index contributed by atoms with van der Waals surface area (Å²) in [4.78, 5) is 15.9. The number of aryl methyl sites for hydroxylation is 1. The molecule has 0 bridgehead atoms. The predicted octanol–water partition coefficient (Wildman–Crippen LogP) is 3.03.